The van der Waals surface area contributed by atoms with E-state index in [-0.39, 0.29) is 12.5 Å². The Bertz CT molecular complexity index is 222. The quantitative estimate of drug-likeness (QED) is 0.655. The zero-order valence-electron chi connectivity index (χ0n) is 12.1. The zero-order chi connectivity index (χ0) is 14.1. The molecule has 0 heterocycles. The van der Waals surface area contributed by atoms with Gasteiger partial charge in [0.25, 0.3) is 0 Å². The molecule has 0 aliphatic heterocycles. The fourth-order valence-electron chi connectivity index (χ4n) is 3.03. The zero-order valence-corrected chi connectivity index (χ0v) is 12.1. The third-order valence-corrected chi connectivity index (χ3v) is 4.04. The summed E-state index contributed by atoms with van der Waals surface area (Å²) in [5.41, 5.74) is 0. The summed E-state index contributed by atoms with van der Waals surface area (Å²) in [4.78, 5) is 0. The first-order chi connectivity index (χ1) is 9.01. The van der Waals surface area contributed by atoms with E-state index in [4.69, 9.17) is 0 Å². The summed E-state index contributed by atoms with van der Waals surface area (Å²) in [5.74, 6) is 0.731. The van der Waals surface area contributed by atoms with Gasteiger partial charge in [0.15, 0.2) is 0 Å². The maximum Gasteiger partial charge on any atom is 0.389 e. The van der Waals surface area contributed by atoms with Gasteiger partial charge in [0.05, 0.1) is 0 Å². The Labute approximate surface area is 115 Å². The van der Waals surface area contributed by atoms with Crippen LogP contribution >= 0.6 is 0 Å². The highest BCUT2D eigenvalue weighted by atomic mass is 19.4. The number of halogens is 3. The van der Waals surface area contributed by atoms with Gasteiger partial charge in [0, 0.05) is 12.5 Å². The molecule has 0 saturated heterocycles. The molecule has 1 atom stereocenters. The molecule has 0 bridgehead atoms. The molecule has 4 heteroatoms. The van der Waals surface area contributed by atoms with E-state index in [0.29, 0.717) is 6.42 Å². The van der Waals surface area contributed by atoms with Crippen LogP contribution in [0.3, 0.4) is 0 Å². The van der Waals surface area contributed by atoms with Crippen molar-refractivity contribution in [3.8, 4) is 0 Å². The van der Waals surface area contributed by atoms with E-state index in [9.17, 15) is 13.2 Å². The maximum absolute atomic E-state index is 12.2. The van der Waals surface area contributed by atoms with Crippen LogP contribution in [0, 0.1) is 5.92 Å². The van der Waals surface area contributed by atoms with E-state index in [1.54, 1.807) is 0 Å². The SMILES string of the molecule is CCCNC(CCCC(F)(F)F)CC1CCCCC1. The van der Waals surface area contributed by atoms with Gasteiger partial charge in [0.2, 0.25) is 0 Å². The smallest absolute Gasteiger partial charge is 0.314 e. The van der Waals surface area contributed by atoms with Gasteiger partial charge in [-0.25, -0.2) is 0 Å². The molecule has 1 rings (SSSR count). The lowest BCUT2D eigenvalue weighted by Crippen LogP contribution is -2.32. The minimum absolute atomic E-state index is 0.262. The highest BCUT2D eigenvalue weighted by Crippen LogP contribution is 2.29. The van der Waals surface area contributed by atoms with Crippen molar-refractivity contribution in [3.05, 3.63) is 0 Å². The minimum Gasteiger partial charge on any atom is -0.314 e. The van der Waals surface area contributed by atoms with Gasteiger partial charge in [-0.2, -0.15) is 13.2 Å². The molecule has 0 radical (unpaired) electrons. The first-order valence-corrected chi connectivity index (χ1v) is 7.81. The van der Waals surface area contributed by atoms with Gasteiger partial charge in [0.1, 0.15) is 0 Å². The second-order valence-electron chi connectivity index (χ2n) is 5.90. The summed E-state index contributed by atoms with van der Waals surface area (Å²) in [5, 5.41) is 3.44. The van der Waals surface area contributed by atoms with Crippen molar-refractivity contribution >= 4 is 0 Å². The number of rotatable bonds is 8. The van der Waals surface area contributed by atoms with E-state index in [2.05, 4.69) is 12.2 Å². The predicted molar refractivity (Wildman–Crippen MR) is 73.2 cm³/mol. The normalized spacial score (nSPS) is 19.6. The molecule has 0 aromatic carbocycles. The summed E-state index contributed by atoms with van der Waals surface area (Å²) in [7, 11) is 0. The van der Waals surface area contributed by atoms with Gasteiger partial charge >= 0.3 is 6.18 Å². The van der Waals surface area contributed by atoms with Crippen molar-refractivity contribution in [2.45, 2.75) is 83.4 Å². The molecule has 1 saturated carbocycles. The van der Waals surface area contributed by atoms with Crippen LogP contribution in [0.4, 0.5) is 13.2 Å². The van der Waals surface area contributed by atoms with E-state index in [1.165, 1.54) is 32.1 Å². The monoisotopic (exact) mass is 279 g/mol. The molecular weight excluding hydrogens is 251 g/mol. The molecule has 1 nitrogen and oxygen atoms in total. The van der Waals surface area contributed by atoms with Crippen LogP contribution in [0.15, 0.2) is 0 Å². The lowest BCUT2D eigenvalue weighted by Gasteiger charge is -2.27. The van der Waals surface area contributed by atoms with Crippen LogP contribution in [-0.4, -0.2) is 18.8 Å². The van der Waals surface area contributed by atoms with Crippen molar-refractivity contribution < 1.29 is 13.2 Å². The average molecular weight is 279 g/mol. The molecule has 0 aromatic rings. The maximum atomic E-state index is 12.2. The number of nitrogens with one attached hydrogen (secondary N) is 1. The predicted octanol–water partition coefficient (Wildman–Crippen LogP) is 5.06. The topological polar surface area (TPSA) is 12.0 Å². The molecule has 0 amide bonds. The number of alkyl halides is 3. The van der Waals surface area contributed by atoms with Gasteiger partial charge in [-0.1, -0.05) is 39.0 Å². The van der Waals surface area contributed by atoms with Gasteiger partial charge in [-0.3, -0.25) is 0 Å². The molecule has 1 unspecified atom stereocenters. The van der Waals surface area contributed by atoms with Crippen molar-refractivity contribution in [1.29, 1.82) is 0 Å². The molecule has 1 N–H and O–H groups in total. The molecule has 19 heavy (non-hydrogen) atoms. The van der Waals surface area contributed by atoms with Crippen molar-refractivity contribution in [2.24, 2.45) is 5.92 Å². The van der Waals surface area contributed by atoms with Crippen LogP contribution in [0.5, 0.6) is 0 Å². The Kier molecular flexibility index (Phi) is 7.81. The summed E-state index contributed by atoms with van der Waals surface area (Å²) in [6.45, 7) is 3.02. The lowest BCUT2D eigenvalue weighted by molar-refractivity contribution is -0.135. The third-order valence-electron chi connectivity index (χ3n) is 4.04. The van der Waals surface area contributed by atoms with Gasteiger partial charge in [-0.05, 0) is 38.1 Å². The Morgan fingerprint density at radius 3 is 2.42 bits per heavy atom. The van der Waals surface area contributed by atoms with E-state index in [1.807, 2.05) is 0 Å². The average Bonchev–Trinajstić information content (AvgIpc) is 2.35. The van der Waals surface area contributed by atoms with Crippen LogP contribution < -0.4 is 5.32 Å². The molecule has 1 aliphatic rings. The Morgan fingerprint density at radius 2 is 1.84 bits per heavy atom. The third kappa shape index (κ3) is 8.51. The standard InChI is InChI=1S/C15H28F3N/c1-2-11-19-14(9-6-10-15(16,17)18)12-13-7-4-3-5-8-13/h13-14,19H,2-12H2,1H3. The van der Waals surface area contributed by atoms with Crippen molar-refractivity contribution in [3.63, 3.8) is 0 Å². The molecule has 0 spiro atoms. The van der Waals surface area contributed by atoms with Crippen LogP contribution in [-0.2, 0) is 0 Å². The second kappa shape index (κ2) is 8.83. The first kappa shape index (κ1) is 16.8. The van der Waals surface area contributed by atoms with Crippen LogP contribution in [0.1, 0.15) is 71.1 Å². The Morgan fingerprint density at radius 1 is 1.16 bits per heavy atom. The fraction of sp³-hybridized carbons (Fsp3) is 1.00. The Balaban J connectivity index is 2.28. The number of hydrogen-bond donors (Lipinski definition) is 1. The summed E-state index contributed by atoms with van der Waals surface area (Å²) < 4.78 is 36.6. The van der Waals surface area contributed by atoms with E-state index in [0.717, 1.165) is 25.3 Å². The molecule has 114 valence electrons. The van der Waals surface area contributed by atoms with Crippen LogP contribution in [0.2, 0.25) is 0 Å². The minimum atomic E-state index is -4.00. The molecule has 1 fully saturated rings. The van der Waals surface area contributed by atoms with Crippen molar-refractivity contribution in [1.82, 2.24) is 5.32 Å². The van der Waals surface area contributed by atoms with Gasteiger partial charge in [-0.15, -0.1) is 0 Å². The molecule has 1 aliphatic carbocycles. The summed E-state index contributed by atoms with van der Waals surface area (Å²) in [6.07, 6.45) is 4.86. The largest absolute Gasteiger partial charge is 0.389 e. The Hall–Kier alpha value is -0.250. The summed E-state index contributed by atoms with van der Waals surface area (Å²) in [6, 6.07) is 0.283. The number of hydrogen-bond acceptors (Lipinski definition) is 1. The highest BCUT2D eigenvalue weighted by Gasteiger charge is 2.27. The summed E-state index contributed by atoms with van der Waals surface area (Å²) >= 11 is 0. The molecular formula is C15H28F3N. The molecule has 0 aromatic heterocycles. The second-order valence-corrected chi connectivity index (χ2v) is 5.90. The van der Waals surface area contributed by atoms with Crippen molar-refractivity contribution in [2.75, 3.05) is 6.54 Å². The van der Waals surface area contributed by atoms with E-state index >= 15 is 0 Å². The first-order valence-electron chi connectivity index (χ1n) is 7.81. The lowest BCUT2D eigenvalue weighted by atomic mass is 9.84. The highest BCUT2D eigenvalue weighted by molar-refractivity contribution is 4.75. The van der Waals surface area contributed by atoms with E-state index < -0.39 is 12.6 Å². The fourth-order valence-corrected chi connectivity index (χ4v) is 3.03. The van der Waals surface area contributed by atoms with Crippen LogP contribution in [0.25, 0.3) is 0 Å². The van der Waals surface area contributed by atoms with Gasteiger partial charge < -0.3 is 5.32 Å².